The second-order valence-corrected chi connectivity index (χ2v) is 5.49. The average molecular weight is 246 g/mol. The standard InChI is InChI=1S/C14H15FN2O/c1-14(2)8-17-13(18-9-14)7-12(16-17)10-3-5-11(15)6-4-10/h3-7H,8-9H2,1-2H3. The zero-order valence-corrected chi connectivity index (χ0v) is 10.5. The van der Waals surface area contributed by atoms with Crippen molar-refractivity contribution in [1.29, 1.82) is 0 Å². The van der Waals surface area contributed by atoms with Crippen LogP contribution in [0.3, 0.4) is 0 Å². The van der Waals surface area contributed by atoms with Crippen molar-refractivity contribution in [1.82, 2.24) is 9.78 Å². The van der Waals surface area contributed by atoms with E-state index in [1.165, 1.54) is 12.1 Å². The molecule has 0 saturated heterocycles. The van der Waals surface area contributed by atoms with Crippen LogP contribution in [0.25, 0.3) is 11.3 Å². The molecule has 1 aliphatic rings. The van der Waals surface area contributed by atoms with Crippen LogP contribution >= 0.6 is 0 Å². The summed E-state index contributed by atoms with van der Waals surface area (Å²) in [7, 11) is 0. The summed E-state index contributed by atoms with van der Waals surface area (Å²) in [6, 6.07) is 8.25. The van der Waals surface area contributed by atoms with E-state index >= 15 is 0 Å². The van der Waals surface area contributed by atoms with E-state index in [1.54, 1.807) is 12.1 Å². The van der Waals surface area contributed by atoms with Gasteiger partial charge in [0.25, 0.3) is 0 Å². The van der Waals surface area contributed by atoms with Crippen LogP contribution in [0.2, 0.25) is 0 Å². The molecule has 3 nitrogen and oxygen atoms in total. The molecule has 0 aliphatic carbocycles. The number of ether oxygens (including phenoxy) is 1. The van der Waals surface area contributed by atoms with Crippen molar-refractivity contribution in [3.05, 3.63) is 36.1 Å². The molecule has 1 aromatic carbocycles. The van der Waals surface area contributed by atoms with E-state index in [9.17, 15) is 4.39 Å². The highest BCUT2D eigenvalue weighted by atomic mass is 19.1. The van der Waals surface area contributed by atoms with E-state index in [-0.39, 0.29) is 11.2 Å². The second-order valence-electron chi connectivity index (χ2n) is 5.49. The second kappa shape index (κ2) is 3.83. The Morgan fingerprint density at radius 2 is 2.00 bits per heavy atom. The lowest BCUT2D eigenvalue weighted by molar-refractivity contribution is 0.100. The zero-order chi connectivity index (χ0) is 12.8. The van der Waals surface area contributed by atoms with Gasteiger partial charge in [0, 0.05) is 17.0 Å². The molecule has 2 heterocycles. The zero-order valence-electron chi connectivity index (χ0n) is 10.5. The Morgan fingerprint density at radius 1 is 1.28 bits per heavy atom. The van der Waals surface area contributed by atoms with Crippen LogP contribution in [-0.2, 0) is 6.54 Å². The summed E-state index contributed by atoms with van der Waals surface area (Å²) in [4.78, 5) is 0. The first-order chi connectivity index (χ1) is 8.53. The normalized spacial score (nSPS) is 17.1. The summed E-state index contributed by atoms with van der Waals surface area (Å²) in [5, 5.41) is 4.52. The number of rotatable bonds is 1. The predicted octanol–water partition coefficient (Wildman–Crippen LogP) is 3.11. The smallest absolute Gasteiger partial charge is 0.212 e. The van der Waals surface area contributed by atoms with Crippen LogP contribution < -0.4 is 4.74 Å². The van der Waals surface area contributed by atoms with Crippen molar-refractivity contribution >= 4 is 0 Å². The molecule has 0 saturated carbocycles. The van der Waals surface area contributed by atoms with Crippen LogP contribution in [0.4, 0.5) is 4.39 Å². The van der Waals surface area contributed by atoms with Crippen molar-refractivity contribution in [3.63, 3.8) is 0 Å². The van der Waals surface area contributed by atoms with Crippen LogP contribution in [0.1, 0.15) is 13.8 Å². The fourth-order valence-corrected chi connectivity index (χ4v) is 2.11. The third-order valence-electron chi connectivity index (χ3n) is 3.07. The monoisotopic (exact) mass is 246 g/mol. The van der Waals surface area contributed by atoms with Gasteiger partial charge in [0.2, 0.25) is 5.88 Å². The minimum absolute atomic E-state index is 0.0963. The molecule has 0 fully saturated rings. The van der Waals surface area contributed by atoms with E-state index in [1.807, 2.05) is 10.7 Å². The molecule has 0 atom stereocenters. The third-order valence-corrected chi connectivity index (χ3v) is 3.07. The van der Waals surface area contributed by atoms with Gasteiger partial charge in [-0.05, 0) is 24.3 Å². The van der Waals surface area contributed by atoms with Crippen molar-refractivity contribution in [2.24, 2.45) is 5.41 Å². The highest BCUT2D eigenvalue weighted by molar-refractivity contribution is 5.60. The van der Waals surface area contributed by atoms with E-state index in [0.29, 0.717) is 6.61 Å². The van der Waals surface area contributed by atoms with E-state index in [2.05, 4.69) is 18.9 Å². The quantitative estimate of drug-likeness (QED) is 0.773. The molecule has 0 radical (unpaired) electrons. The Balaban J connectivity index is 1.96. The number of fused-ring (bicyclic) bond motifs is 1. The fourth-order valence-electron chi connectivity index (χ4n) is 2.11. The summed E-state index contributed by atoms with van der Waals surface area (Å²) in [5.74, 6) is 0.550. The van der Waals surface area contributed by atoms with Gasteiger partial charge in [-0.25, -0.2) is 9.07 Å². The molecule has 0 bridgehead atoms. The summed E-state index contributed by atoms with van der Waals surface area (Å²) in [6.07, 6.45) is 0. The maximum Gasteiger partial charge on any atom is 0.212 e. The lowest BCUT2D eigenvalue weighted by Crippen LogP contribution is -2.32. The molecule has 3 rings (SSSR count). The number of nitrogens with zero attached hydrogens (tertiary/aromatic N) is 2. The molecule has 0 spiro atoms. The van der Waals surface area contributed by atoms with Gasteiger partial charge in [-0.1, -0.05) is 13.8 Å². The Bertz CT molecular complexity index is 572. The van der Waals surface area contributed by atoms with E-state index in [0.717, 1.165) is 23.7 Å². The Kier molecular flexibility index (Phi) is 2.40. The molecule has 94 valence electrons. The molecule has 18 heavy (non-hydrogen) atoms. The topological polar surface area (TPSA) is 27.1 Å². The van der Waals surface area contributed by atoms with Crippen molar-refractivity contribution in [3.8, 4) is 17.1 Å². The van der Waals surface area contributed by atoms with Gasteiger partial charge in [-0.15, -0.1) is 0 Å². The highest BCUT2D eigenvalue weighted by Gasteiger charge is 2.28. The maximum absolute atomic E-state index is 12.9. The van der Waals surface area contributed by atoms with Crippen molar-refractivity contribution in [2.45, 2.75) is 20.4 Å². The van der Waals surface area contributed by atoms with Gasteiger partial charge in [-0.2, -0.15) is 5.10 Å². The minimum Gasteiger partial charge on any atom is -0.477 e. The first kappa shape index (κ1) is 11.3. The molecule has 0 unspecified atom stereocenters. The van der Waals surface area contributed by atoms with E-state index < -0.39 is 0 Å². The van der Waals surface area contributed by atoms with Crippen LogP contribution in [0, 0.1) is 11.2 Å². The lowest BCUT2D eigenvalue weighted by atomic mass is 9.94. The Hall–Kier alpha value is -1.84. The summed E-state index contributed by atoms with van der Waals surface area (Å²) >= 11 is 0. The fraction of sp³-hybridized carbons (Fsp3) is 0.357. The summed E-state index contributed by atoms with van der Waals surface area (Å²) in [5.41, 5.74) is 1.82. The van der Waals surface area contributed by atoms with E-state index in [4.69, 9.17) is 4.74 Å². The highest BCUT2D eigenvalue weighted by Crippen LogP contribution is 2.31. The van der Waals surface area contributed by atoms with Gasteiger partial charge in [0.1, 0.15) is 5.82 Å². The SMILES string of the molecule is CC1(C)COc2cc(-c3ccc(F)cc3)nn2C1. The first-order valence-corrected chi connectivity index (χ1v) is 6.00. The first-order valence-electron chi connectivity index (χ1n) is 6.00. The van der Waals surface area contributed by atoms with Crippen molar-refractivity contribution < 1.29 is 9.13 Å². The molecule has 1 aromatic heterocycles. The van der Waals surface area contributed by atoms with Gasteiger partial charge < -0.3 is 4.74 Å². The molecular weight excluding hydrogens is 231 g/mol. The van der Waals surface area contributed by atoms with Gasteiger partial charge in [0.15, 0.2) is 0 Å². The van der Waals surface area contributed by atoms with Gasteiger partial charge in [0.05, 0.1) is 18.8 Å². The van der Waals surface area contributed by atoms with Crippen LogP contribution in [0.15, 0.2) is 30.3 Å². The number of halogens is 1. The summed E-state index contributed by atoms with van der Waals surface area (Å²) < 4.78 is 20.4. The average Bonchev–Trinajstić information content (AvgIpc) is 2.71. The Morgan fingerprint density at radius 3 is 2.72 bits per heavy atom. The van der Waals surface area contributed by atoms with Crippen LogP contribution in [0.5, 0.6) is 5.88 Å². The van der Waals surface area contributed by atoms with Gasteiger partial charge in [-0.3, -0.25) is 0 Å². The molecule has 0 amide bonds. The predicted molar refractivity (Wildman–Crippen MR) is 66.9 cm³/mol. The number of hydrogen-bond acceptors (Lipinski definition) is 2. The maximum atomic E-state index is 12.9. The number of hydrogen-bond donors (Lipinski definition) is 0. The number of benzene rings is 1. The molecule has 1 aliphatic heterocycles. The molecule has 4 heteroatoms. The summed E-state index contributed by atoms with van der Waals surface area (Å²) in [6.45, 7) is 5.83. The largest absolute Gasteiger partial charge is 0.477 e. The molecular formula is C14H15FN2O. The number of aromatic nitrogens is 2. The lowest BCUT2D eigenvalue weighted by Gasteiger charge is -2.29. The van der Waals surface area contributed by atoms with Crippen LogP contribution in [-0.4, -0.2) is 16.4 Å². The Labute approximate surface area is 105 Å². The molecule has 0 N–H and O–H groups in total. The van der Waals surface area contributed by atoms with Crippen molar-refractivity contribution in [2.75, 3.05) is 6.61 Å². The third kappa shape index (κ3) is 1.98. The van der Waals surface area contributed by atoms with Gasteiger partial charge >= 0.3 is 0 Å². The molecule has 2 aromatic rings. The minimum atomic E-state index is -0.236.